The number of benzene rings is 1. The van der Waals surface area contributed by atoms with Gasteiger partial charge in [-0.15, -0.1) is 0 Å². The van der Waals surface area contributed by atoms with Crippen LogP contribution in [-0.2, 0) is 17.8 Å². The van der Waals surface area contributed by atoms with E-state index in [1.54, 1.807) is 17.0 Å². The topological polar surface area (TPSA) is 79.5 Å². The molecule has 110 valence electrons. The molecule has 0 bridgehead atoms. The Labute approximate surface area is 124 Å². The molecule has 0 aliphatic heterocycles. The van der Waals surface area contributed by atoms with Crippen LogP contribution in [0.3, 0.4) is 0 Å². The van der Waals surface area contributed by atoms with Gasteiger partial charge in [-0.05, 0) is 17.7 Å². The zero-order valence-corrected chi connectivity index (χ0v) is 11.8. The van der Waals surface area contributed by atoms with Gasteiger partial charge in [0.25, 0.3) is 0 Å². The summed E-state index contributed by atoms with van der Waals surface area (Å²) in [5, 5.41) is 9.14. The highest BCUT2D eigenvalue weighted by molar-refractivity contribution is 5.78. The first-order chi connectivity index (χ1) is 10.2. The number of aromatic nitrogens is 1. The van der Waals surface area contributed by atoms with Crippen LogP contribution in [0.25, 0.3) is 0 Å². The van der Waals surface area contributed by atoms with E-state index in [0.29, 0.717) is 24.5 Å². The van der Waals surface area contributed by atoms with Crippen molar-refractivity contribution in [3.8, 4) is 0 Å². The van der Waals surface area contributed by atoms with E-state index in [4.69, 9.17) is 10.8 Å². The Morgan fingerprint density at radius 2 is 1.95 bits per heavy atom. The fourth-order valence-corrected chi connectivity index (χ4v) is 2.02. The SMILES string of the molecule is Nc1ccc(CC(=O)N(CCO)Cc2ccccc2)nc1. The van der Waals surface area contributed by atoms with Crippen LogP contribution in [0, 0.1) is 0 Å². The third kappa shape index (κ3) is 4.57. The predicted molar refractivity (Wildman–Crippen MR) is 81.3 cm³/mol. The van der Waals surface area contributed by atoms with Gasteiger partial charge in [0, 0.05) is 18.8 Å². The number of hydrogen-bond acceptors (Lipinski definition) is 4. The zero-order valence-electron chi connectivity index (χ0n) is 11.8. The summed E-state index contributed by atoms with van der Waals surface area (Å²) in [5.41, 5.74) is 7.85. The number of rotatable bonds is 6. The lowest BCUT2D eigenvalue weighted by Crippen LogP contribution is -2.34. The molecule has 21 heavy (non-hydrogen) atoms. The summed E-state index contributed by atoms with van der Waals surface area (Å²) in [6.45, 7) is 0.728. The summed E-state index contributed by atoms with van der Waals surface area (Å²) in [4.78, 5) is 18.1. The van der Waals surface area contributed by atoms with Crippen molar-refractivity contribution in [1.82, 2.24) is 9.88 Å². The molecule has 0 aliphatic carbocycles. The number of aliphatic hydroxyl groups is 1. The zero-order chi connectivity index (χ0) is 15.1. The third-order valence-electron chi connectivity index (χ3n) is 3.12. The third-order valence-corrected chi connectivity index (χ3v) is 3.12. The molecule has 0 spiro atoms. The molecule has 1 aromatic carbocycles. The lowest BCUT2D eigenvalue weighted by molar-refractivity contribution is -0.131. The molecule has 1 heterocycles. The maximum atomic E-state index is 12.3. The quantitative estimate of drug-likeness (QED) is 0.836. The first kappa shape index (κ1) is 15.0. The predicted octanol–water partition coefficient (Wildman–Crippen LogP) is 1.23. The Hall–Kier alpha value is -2.40. The van der Waals surface area contributed by atoms with Crippen molar-refractivity contribution in [3.05, 3.63) is 59.9 Å². The Morgan fingerprint density at radius 1 is 1.19 bits per heavy atom. The highest BCUT2D eigenvalue weighted by Gasteiger charge is 2.14. The maximum Gasteiger partial charge on any atom is 0.228 e. The number of amides is 1. The molecule has 5 nitrogen and oxygen atoms in total. The van der Waals surface area contributed by atoms with Gasteiger partial charge in [-0.2, -0.15) is 0 Å². The van der Waals surface area contributed by atoms with Gasteiger partial charge in [-0.25, -0.2) is 0 Å². The molecule has 0 saturated carbocycles. The van der Waals surface area contributed by atoms with E-state index in [9.17, 15) is 4.79 Å². The molecule has 5 heteroatoms. The van der Waals surface area contributed by atoms with Crippen LogP contribution in [0.5, 0.6) is 0 Å². The standard InChI is InChI=1S/C16H19N3O2/c17-14-6-7-15(18-11-14)10-16(21)19(8-9-20)12-13-4-2-1-3-5-13/h1-7,11,20H,8-10,12,17H2. The summed E-state index contributed by atoms with van der Waals surface area (Å²) in [6.07, 6.45) is 1.74. The molecular formula is C16H19N3O2. The Morgan fingerprint density at radius 3 is 2.57 bits per heavy atom. The second-order valence-corrected chi connectivity index (χ2v) is 4.78. The number of anilines is 1. The fourth-order valence-electron chi connectivity index (χ4n) is 2.02. The molecule has 2 aromatic rings. The molecule has 0 unspecified atom stereocenters. The number of nitrogens with zero attached hydrogens (tertiary/aromatic N) is 2. The molecule has 0 radical (unpaired) electrons. The molecule has 0 saturated heterocycles. The van der Waals surface area contributed by atoms with Crippen LogP contribution < -0.4 is 5.73 Å². The van der Waals surface area contributed by atoms with Gasteiger partial charge in [-0.1, -0.05) is 30.3 Å². The molecule has 0 aliphatic rings. The van der Waals surface area contributed by atoms with Crippen molar-refractivity contribution in [2.24, 2.45) is 0 Å². The van der Waals surface area contributed by atoms with Crippen molar-refractivity contribution < 1.29 is 9.90 Å². The van der Waals surface area contributed by atoms with Gasteiger partial charge in [0.1, 0.15) is 0 Å². The smallest absolute Gasteiger partial charge is 0.228 e. The van der Waals surface area contributed by atoms with Crippen LogP contribution in [0.15, 0.2) is 48.7 Å². The van der Waals surface area contributed by atoms with E-state index in [0.717, 1.165) is 5.56 Å². The van der Waals surface area contributed by atoms with Crippen molar-refractivity contribution in [2.75, 3.05) is 18.9 Å². The van der Waals surface area contributed by atoms with Crippen molar-refractivity contribution >= 4 is 11.6 Å². The number of nitrogens with two attached hydrogens (primary N) is 1. The second-order valence-electron chi connectivity index (χ2n) is 4.78. The van der Waals surface area contributed by atoms with Gasteiger partial charge in [-0.3, -0.25) is 9.78 Å². The van der Waals surface area contributed by atoms with Gasteiger partial charge < -0.3 is 15.7 Å². The van der Waals surface area contributed by atoms with E-state index >= 15 is 0 Å². The molecule has 2 rings (SSSR count). The first-order valence-corrected chi connectivity index (χ1v) is 6.82. The highest BCUT2D eigenvalue weighted by Crippen LogP contribution is 2.08. The van der Waals surface area contributed by atoms with Gasteiger partial charge in [0.2, 0.25) is 5.91 Å². The number of carbonyl (C=O) groups is 1. The summed E-state index contributed by atoms with van der Waals surface area (Å²) < 4.78 is 0. The summed E-state index contributed by atoms with van der Waals surface area (Å²) in [5.74, 6) is -0.0647. The molecule has 0 atom stereocenters. The minimum Gasteiger partial charge on any atom is -0.397 e. The van der Waals surface area contributed by atoms with E-state index in [2.05, 4.69) is 4.98 Å². The minimum atomic E-state index is -0.0647. The molecule has 0 fully saturated rings. The van der Waals surface area contributed by atoms with Crippen LogP contribution in [0.4, 0.5) is 5.69 Å². The number of carbonyl (C=O) groups excluding carboxylic acids is 1. The highest BCUT2D eigenvalue weighted by atomic mass is 16.3. The van der Waals surface area contributed by atoms with E-state index < -0.39 is 0 Å². The van der Waals surface area contributed by atoms with Gasteiger partial charge >= 0.3 is 0 Å². The van der Waals surface area contributed by atoms with Gasteiger partial charge in [0.15, 0.2) is 0 Å². The molecule has 3 N–H and O–H groups in total. The second kappa shape index (κ2) is 7.40. The van der Waals surface area contributed by atoms with Gasteiger partial charge in [0.05, 0.1) is 24.9 Å². The number of hydrogen-bond donors (Lipinski definition) is 2. The normalized spacial score (nSPS) is 10.3. The molecule has 1 amide bonds. The van der Waals surface area contributed by atoms with E-state index in [-0.39, 0.29) is 18.9 Å². The van der Waals surface area contributed by atoms with Crippen molar-refractivity contribution in [3.63, 3.8) is 0 Å². The Kier molecular flexibility index (Phi) is 5.29. The average Bonchev–Trinajstić information content (AvgIpc) is 2.50. The fraction of sp³-hybridized carbons (Fsp3) is 0.250. The first-order valence-electron chi connectivity index (χ1n) is 6.82. The number of pyridine rings is 1. The summed E-state index contributed by atoms with van der Waals surface area (Å²) in [7, 11) is 0. The summed E-state index contributed by atoms with van der Waals surface area (Å²) >= 11 is 0. The molecule has 1 aromatic heterocycles. The largest absolute Gasteiger partial charge is 0.397 e. The van der Waals surface area contributed by atoms with Crippen LogP contribution >= 0.6 is 0 Å². The van der Waals surface area contributed by atoms with Crippen molar-refractivity contribution in [1.29, 1.82) is 0 Å². The Bertz CT molecular complexity index is 570. The average molecular weight is 285 g/mol. The number of aliphatic hydroxyl groups excluding tert-OH is 1. The van der Waals surface area contributed by atoms with Crippen LogP contribution in [-0.4, -0.2) is 34.0 Å². The minimum absolute atomic E-state index is 0.0618. The number of nitrogen functional groups attached to an aromatic ring is 1. The van der Waals surface area contributed by atoms with E-state index in [1.165, 1.54) is 6.20 Å². The lowest BCUT2D eigenvalue weighted by Gasteiger charge is -2.21. The summed E-state index contributed by atoms with van der Waals surface area (Å²) in [6, 6.07) is 13.2. The van der Waals surface area contributed by atoms with Crippen LogP contribution in [0.1, 0.15) is 11.3 Å². The monoisotopic (exact) mass is 285 g/mol. The lowest BCUT2D eigenvalue weighted by atomic mass is 10.2. The molecular weight excluding hydrogens is 266 g/mol. The Balaban J connectivity index is 2.03. The maximum absolute atomic E-state index is 12.3. The van der Waals surface area contributed by atoms with Crippen molar-refractivity contribution in [2.45, 2.75) is 13.0 Å². The van der Waals surface area contributed by atoms with Crippen LogP contribution in [0.2, 0.25) is 0 Å². The van der Waals surface area contributed by atoms with E-state index in [1.807, 2.05) is 30.3 Å².